The van der Waals surface area contributed by atoms with Crippen LogP contribution in [0.4, 0.5) is 13.2 Å². The predicted octanol–water partition coefficient (Wildman–Crippen LogP) is 3.80. The first-order chi connectivity index (χ1) is 9.15. The van der Waals surface area contributed by atoms with Gasteiger partial charge in [0, 0.05) is 22.7 Å². The fourth-order valence-electron chi connectivity index (χ4n) is 2.16. The van der Waals surface area contributed by atoms with E-state index in [1.54, 1.807) is 0 Å². The summed E-state index contributed by atoms with van der Waals surface area (Å²) >= 11 is 4.68. The summed E-state index contributed by atoms with van der Waals surface area (Å²) in [5, 5.41) is 0. The third kappa shape index (κ3) is 2.35. The summed E-state index contributed by atoms with van der Waals surface area (Å²) in [6.45, 7) is 0. The molecule has 0 amide bonds. The number of rotatable bonds is 2. The maximum Gasteiger partial charge on any atom is 0.421 e. The lowest BCUT2D eigenvalue weighted by molar-refractivity contribution is -0.139. The maximum absolute atomic E-state index is 13.1. The Hall–Kier alpha value is -0.350. The number of carbonyl (C=O) groups excluding carboxylic acids is 1. The molecule has 2 rings (SSSR count). The van der Waals surface area contributed by atoms with E-state index in [0.717, 1.165) is 0 Å². The van der Waals surface area contributed by atoms with Gasteiger partial charge in [-0.2, -0.15) is 13.2 Å². The lowest BCUT2D eigenvalue weighted by Gasteiger charge is -2.17. The number of Topliss-reactive ketones (excluding diaryl/α,β-unsaturated/α-hetero) is 1. The molecule has 1 aromatic rings. The lowest BCUT2D eigenvalue weighted by atomic mass is 10.0. The topological polar surface area (TPSA) is 35.5 Å². The monoisotopic (exact) mass is 464 g/mol. The lowest BCUT2D eigenvalue weighted by Crippen LogP contribution is -2.30. The maximum atomic E-state index is 13.1. The van der Waals surface area contributed by atoms with Crippen molar-refractivity contribution < 1.29 is 27.4 Å². The molecule has 0 fully saturated rings. The van der Waals surface area contributed by atoms with Gasteiger partial charge in [-0.05, 0) is 50.2 Å². The Morgan fingerprint density at radius 3 is 2.45 bits per heavy atom. The Bertz CT molecular complexity index is 588. The minimum Gasteiger partial charge on any atom is -0.496 e. The van der Waals surface area contributed by atoms with Crippen LogP contribution in [0.25, 0.3) is 0 Å². The van der Waals surface area contributed by atoms with E-state index in [9.17, 15) is 18.0 Å². The highest BCUT2D eigenvalue weighted by Gasteiger charge is 2.48. The van der Waals surface area contributed by atoms with Crippen molar-refractivity contribution in [1.29, 1.82) is 0 Å². The summed E-state index contributed by atoms with van der Waals surface area (Å²) in [7, 11) is 2.49. The summed E-state index contributed by atoms with van der Waals surface area (Å²) < 4.78 is 47.8. The average molecular weight is 465 g/mol. The highest BCUT2D eigenvalue weighted by molar-refractivity contribution is 14.1. The number of benzene rings is 1. The van der Waals surface area contributed by atoms with Crippen LogP contribution in [-0.2, 0) is 17.3 Å². The standard InChI is InChI=1S/C12H9BrF3IO3/c1-19-6-3-5-4-11(13,20-2)10(18)7(5)9(17)8(6)12(14,15)16/h3H,4H2,1-2H3. The third-order valence-corrected chi connectivity index (χ3v) is 5.17. The summed E-state index contributed by atoms with van der Waals surface area (Å²) in [5.74, 6) is -0.797. The molecule has 1 unspecified atom stereocenters. The average Bonchev–Trinajstić information content (AvgIpc) is 2.60. The molecule has 1 aliphatic rings. The number of hydrogen-bond acceptors (Lipinski definition) is 3. The van der Waals surface area contributed by atoms with Gasteiger partial charge in [0.1, 0.15) is 11.3 Å². The van der Waals surface area contributed by atoms with Crippen molar-refractivity contribution in [3.05, 3.63) is 26.3 Å². The zero-order valence-electron chi connectivity index (χ0n) is 10.4. The molecule has 0 N–H and O–H groups in total. The first-order valence-electron chi connectivity index (χ1n) is 5.41. The van der Waals surface area contributed by atoms with Gasteiger partial charge >= 0.3 is 6.18 Å². The van der Waals surface area contributed by atoms with Gasteiger partial charge in [-0.25, -0.2) is 0 Å². The zero-order chi connectivity index (χ0) is 15.3. The molecule has 8 heteroatoms. The predicted molar refractivity (Wildman–Crippen MR) is 77.4 cm³/mol. The van der Waals surface area contributed by atoms with E-state index in [2.05, 4.69) is 15.9 Å². The summed E-state index contributed by atoms with van der Waals surface area (Å²) in [4.78, 5) is 12.3. The quantitative estimate of drug-likeness (QED) is 0.493. The number of hydrogen-bond donors (Lipinski definition) is 0. The second-order valence-corrected chi connectivity index (χ2v) is 6.60. The van der Waals surface area contributed by atoms with Crippen LogP contribution >= 0.6 is 38.5 Å². The number of methoxy groups -OCH3 is 2. The summed E-state index contributed by atoms with van der Waals surface area (Å²) in [5.41, 5.74) is -0.416. The Morgan fingerprint density at radius 1 is 1.40 bits per heavy atom. The molecule has 0 heterocycles. The van der Waals surface area contributed by atoms with Crippen molar-refractivity contribution in [2.75, 3.05) is 14.2 Å². The first kappa shape index (κ1) is 16.0. The van der Waals surface area contributed by atoms with Crippen LogP contribution in [0.3, 0.4) is 0 Å². The summed E-state index contributed by atoms with van der Waals surface area (Å²) in [6.07, 6.45) is -4.44. The number of ketones is 1. The second-order valence-electron chi connectivity index (χ2n) is 4.24. The van der Waals surface area contributed by atoms with Crippen molar-refractivity contribution in [3.8, 4) is 5.75 Å². The van der Waals surface area contributed by atoms with Crippen LogP contribution < -0.4 is 4.74 Å². The highest BCUT2D eigenvalue weighted by Crippen LogP contribution is 2.47. The van der Waals surface area contributed by atoms with Gasteiger partial charge < -0.3 is 9.47 Å². The molecule has 0 spiro atoms. The van der Waals surface area contributed by atoms with Gasteiger partial charge in [0.2, 0.25) is 5.78 Å². The largest absolute Gasteiger partial charge is 0.496 e. The molecule has 0 saturated carbocycles. The van der Waals surface area contributed by atoms with Gasteiger partial charge in [0.25, 0.3) is 0 Å². The van der Waals surface area contributed by atoms with Gasteiger partial charge in [-0.3, -0.25) is 4.79 Å². The first-order valence-corrected chi connectivity index (χ1v) is 7.28. The molecule has 0 radical (unpaired) electrons. The molecule has 1 aliphatic carbocycles. The van der Waals surface area contributed by atoms with Crippen molar-refractivity contribution in [1.82, 2.24) is 0 Å². The molecule has 20 heavy (non-hydrogen) atoms. The summed E-state index contributed by atoms with van der Waals surface area (Å²) in [6, 6.07) is 1.25. The molecule has 1 atom stereocenters. The number of carbonyl (C=O) groups is 1. The van der Waals surface area contributed by atoms with E-state index in [4.69, 9.17) is 9.47 Å². The Morgan fingerprint density at radius 2 is 2.00 bits per heavy atom. The molecule has 1 aromatic carbocycles. The van der Waals surface area contributed by atoms with Gasteiger partial charge in [0.05, 0.1) is 7.11 Å². The van der Waals surface area contributed by atoms with Crippen LogP contribution in [0.15, 0.2) is 6.07 Å². The number of ether oxygens (including phenoxy) is 2. The van der Waals surface area contributed by atoms with Crippen LogP contribution in [0.2, 0.25) is 0 Å². The van der Waals surface area contributed by atoms with E-state index in [-0.39, 0.29) is 21.3 Å². The minimum absolute atomic E-state index is 0.0393. The van der Waals surface area contributed by atoms with Gasteiger partial charge in [-0.1, -0.05) is 0 Å². The van der Waals surface area contributed by atoms with E-state index in [1.165, 1.54) is 42.9 Å². The number of fused-ring (bicyclic) bond motifs is 1. The molecular weight excluding hydrogens is 456 g/mol. The normalized spacial score (nSPS) is 22.1. The SMILES string of the molecule is COc1cc2c(c(I)c1C(F)(F)F)C(=O)C(Br)(OC)C2. The molecule has 0 saturated heterocycles. The van der Waals surface area contributed by atoms with E-state index >= 15 is 0 Å². The Labute approximate surface area is 135 Å². The number of halogens is 5. The molecular formula is C12H9BrF3IO3. The van der Waals surface area contributed by atoms with Crippen molar-refractivity contribution in [3.63, 3.8) is 0 Å². The van der Waals surface area contributed by atoms with Gasteiger partial charge in [-0.15, -0.1) is 0 Å². The number of alkyl halides is 4. The van der Waals surface area contributed by atoms with Crippen LogP contribution in [0.5, 0.6) is 5.75 Å². The molecule has 3 nitrogen and oxygen atoms in total. The fourth-order valence-corrected chi connectivity index (χ4v) is 3.83. The van der Waals surface area contributed by atoms with E-state index < -0.39 is 22.0 Å². The molecule has 0 aromatic heterocycles. The van der Waals surface area contributed by atoms with Gasteiger partial charge in [0.15, 0.2) is 4.51 Å². The van der Waals surface area contributed by atoms with E-state index in [1.807, 2.05) is 0 Å². The molecule has 0 aliphatic heterocycles. The Balaban J connectivity index is 2.73. The van der Waals surface area contributed by atoms with Crippen LogP contribution in [0, 0.1) is 3.57 Å². The molecule has 110 valence electrons. The van der Waals surface area contributed by atoms with Crippen molar-refractivity contribution in [2.45, 2.75) is 17.1 Å². The van der Waals surface area contributed by atoms with Crippen molar-refractivity contribution >= 4 is 44.3 Å². The van der Waals surface area contributed by atoms with Crippen LogP contribution in [-0.4, -0.2) is 24.5 Å². The van der Waals surface area contributed by atoms with E-state index in [0.29, 0.717) is 5.56 Å². The zero-order valence-corrected chi connectivity index (χ0v) is 14.1. The molecule has 0 bridgehead atoms. The minimum atomic E-state index is -4.60. The van der Waals surface area contributed by atoms with Crippen LogP contribution in [0.1, 0.15) is 21.5 Å². The third-order valence-electron chi connectivity index (χ3n) is 3.12. The fraction of sp³-hybridized carbons (Fsp3) is 0.417. The van der Waals surface area contributed by atoms with Crippen molar-refractivity contribution in [2.24, 2.45) is 0 Å². The highest BCUT2D eigenvalue weighted by atomic mass is 127. The Kier molecular flexibility index (Phi) is 4.11. The second kappa shape index (κ2) is 5.13. The smallest absolute Gasteiger partial charge is 0.421 e.